The molecule has 3 aliphatic rings. The third-order valence-electron chi connectivity index (χ3n) is 5.42. The molecular formula is C18H15FO7. The summed E-state index contributed by atoms with van der Waals surface area (Å²) in [6.07, 6.45) is -0.135. The lowest BCUT2D eigenvalue weighted by Gasteiger charge is -2.39. The largest absolute Gasteiger partial charge is 0.393 e. The molecule has 26 heavy (non-hydrogen) atoms. The van der Waals surface area contributed by atoms with Gasteiger partial charge in [-0.3, -0.25) is 19.2 Å². The van der Waals surface area contributed by atoms with E-state index in [1.54, 1.807) is 24.3 Å². The molecule has 1 aliphatic carbocycles. The van der Waals surface area contributed by atoms with Crippen molar-refractivity contribution in [1.29, 1.82) is 0 Å². The van der Waals surface area contributed by atoms with E-state index < -0.39 is 60.3 Å². The second-order valence-corrected chi connectivity index (χ2v) is 6.65. The Kier molecular flexibility index (Phi) is 4.07. The van der Waals surface area contributed by atoms with Gasteiger partial charge in [0.1, 0.15) is 0 Å². The van der Waals surface area contributed by atoms with Crippen molar-refractivity contribution in [3.05, 3.63) is 35.4 Å². The lowest BCUT2D eigenvalue weighted by Crippen LogP contribution is -2.41. The summed E-state index contributed by atoms with van der Waals surface area (Å²) in [5.74, 6) is -6.54. The third-order valence-corrected chi connectivity index (χ3v) is 5.42. The highest BCUT2D eigenvalue weighted by Gasteiger charge is 2.58. The molecule has 2 aliphatic heterocycles. The minimum Gasteiger partial charge on any atom is -0.393 e. The van der Waals surface area contributed by atoms with Crippen LogP contribution in [0.3, 0.4) is 0 Å². The molecule has 5 unspecified atom stereocenters. The summed E-state index contributed by atoms with van der Waals surface area (Å²) in [6, 6.07) is 6.90. The average Bonchev–Trinajstić information content (AvgIpc) is 3.10. The van der Waals surface area contributed by atoms with Crippen LogP contribution in [0.15, 0.2) is 24.3 Å². The summed E-state index contributed by atoms with van der Waals surface area (Å²) in [5.41, 5.74) is 1.24. The van der Waals surface area contributed by atoms with Crippen molar-refractivity contribution in [3.63, 3.8) is 0 Å². The predicted molar refractivity (Wildman–Crippen MR) is 81.1 cm³/mol. The van der Waals surface area contributed by atoms with Gasteiger partial charge in [0.2, 0.25) is 0 Å². The third kappa shape index (κ3) is 2.44. The predicted octanol–water partition coefficient (Wildman–Crippen LogP) is 1.22. The molecule has 1 aromatic carbocycles. The van der Waals surface area contributed by atoms with Crippen molar-refractivity contribution in [2.45, 2.75) is 18.3 Å². The molecule has 4 rings (SSSR count). The number of fused-ring (bicyclic) bond motifs is 3. The zero-order valence-corrected chi connectivity index (χ0v) is 13.6. The maximum absolute atomic E-state index is 12.7. The zero-order chi connectivity index (χ0) is 18.4. The van der Waals surface area contributed by atoms with Gasteiger partial charge < -0.3 is 14.2 Å². The minimum atomic E-state index is -1.07. The number of rotatable bonds is 4. The fourth-order valence-electron chi connectivity index (χ4n) is 4.48. The topological polar surface area (TPSA) is 96.0 Å². The minimum absolute atomic E-state index is 0.135. The van der Waals surface area contributed by atoms with Crippen molar-refractivity contribution < 1.29 is 37.8 Å². The Hall–Kier alpha value is -2.61. The van der Waals surface area contributed by atoms with Gasteiger partial charge in [-0.2, -0.15) is 0 Å². The molecule has 2 saturated heterocycles. The molecule has 2 heterocycles. The molecule has 1 aromatic rings. The first kappa shape index (κ1) is 16.8. The van der Waals surface area contributed by atoms with E-state index in [1.165, 1.54) is 0 Å². The lowest BCUT2D eigenvalue weighted by molar-refractivity contribution is -0.156. The van der Waals surface area contributed by atoms with E-state index in [1.807, 2.05) is 0 Å². The molecule has 0 N–H and O–H groups in total. The number of esters is 4. The number of carbonyl (C=O) groups excluding carboxylic acids is 4. The van der Waals surface area contributed by atoms with Crippen LogP contribution in [-0.4, -0.2) is 37.3 Å². The Bertz CT molecular complexity index is 804. The van der Waals surface area contributed by atoms with Gasteiger partial charge in [0, 0.05) is 11.8 Å². The normalized spacial score (nSPS) is 32.9. The summed E-state index contributed by atoms with van der Waals surface area (Å²) in [5, 5.41) is 0. The van der Waals surface area contributed by atoms with Crippen LogP contribution >= 0.6 is 0 Å². The molecule has 8 heteroatoms. The van der Waals surface area contributed by atoms with Crippen LogP contribution in [0.4, 0.5) is 4.39 Å². The number of halogens is 1. The fraction of sp³-hybridized carbons (Fsp3) is 0.444. The Balaban J connectivity index is 1.86. The monoisotopic (exact) mass is 362 g/mol. The highest BCUT2D eigenvalue weighted by molar-refractivity contribution is 6.01. The lowest BCUT2D eigenvalue weighted by atomic mass is 9.61. The van der Waals surface area contributed by atoms with Gasteiger partial charge >= 0.3 is 23.9 Å². The maximum Gasteiger partial charge on any atom is 0.321 e. The number of alkyl halides is 1. The molecule has 0 bridgehead atoms. The first-order chi connectivity index (χ1) is 12.5. The van der Waals surface area contributed by atoms with Gasteiger partial charge in [-0.15, -0.1) is 0 Å². The van der Waals surface area contributed by atoms with E-state index in [0.717, 1.165) is 0 Å². The van der Waals surface area contributed by atoms with E-state index in [0.29, 0.717) is 11.1 Å². The second kappa shape index (κ2) is 6.28. The number of carbonyl (C=O) groups is 4. The van der Waals surface area contributed by atoms with E-state index in [9.17, 15) is 23.6 Å². The van der Waals surface area contributed by atoms with Gasteiger partial charge in [-0.05, 0) is 11.1 Å². The number of cyclic esters (lactones) is 4. The fourth-order valence-corrected chi connectivity index (χ4v) is 4.48. The van der Waals surface area contributed by atoms with Gasteiger partial charge in [0.05, 0.1) is 30.8 Å². The highest BCUT2D eigenvalue weighted by atomic mass is 19.1. The summed E-state index contributed by atoms with van der Waals surface area (Å²) < 4.78 is 27.1. The van der Waals surface area contributed by atoms with E-state index in [4.69, 9.17) is 9.47 Å². The van der Waals surface area contributed by atoms with Gasteiger partial charge in [0.15, 0.2) is 6.86 Å². The average molecular weight is 362 g/mol. The molecule has 0 amide bonds. The smallest absolute Gasteiger partial charge is 0.321 e. The van der Waals surface area contributed by atoms with Crippen molar-refractivity contribution in [1.82, 2.24) is 0 Å². The van der Waals surface area contributed by atoms with Crippen LogP contribution in [0.1, 0.15) is 29.4 Å². The van der Waals surface area contributed by atoms with Crippen molar-refractivity contribution in [2.24, 2.45) is 17.8 Å². The molecule has 7 nitrogen and oxygen atoms in total. The first-order valence-corrected chi connectivity index (χ1v) is 8.25. The Morgan fingerprint density at radius 1 is 0.962 bits per heavy atom. The van der Waals surface area contributed by atoms with Gasteiger partial charge in [-0.25, -0.2) is 4.39 Å². The van der Waals surface area contributed by atoms with E-state index in [2.05, 4.69) is 4.74 Å². The number of ether oxygens (including phenoxy) is 3. The molecule has 5 atom stereocenters. The molecule has 2 fully saturated rings. The number of benzene rings is 1. The molecule has 0 saturated carbocycles. The van der Waals surface area contributed by atoms with Crippen LogP contribution < -0.4 is 0 Å². The van der Waals surface area contributed by atoms with Crippen LogP contribution in [0.25, 0.3) is 0 Å². The number of hydrogen-bond acceptors (Lipinski definition) is 7. The van der Waals surface area contributed by atoms with Crippen LogP contribution in [-0.2, 0) is 33.4 Å². The Labute approximate surface area is 147 Å². The molecular weight excluding hydrogens is 347 g/mol. The molecule has 136 valence electrons. The maximum atomic E-state index is 12.7. The zero-order valence-electron chi connectivity index (χ0n) is 13.6. The Morgan fingerprint density at radius 2 is 1.69 bits per heavy atom. The van der Waals surface area contributed by atoms with Gasteiger partial charge in [-0.1, -0.05) is 24.3 Å². The summed E-state index contributed by atoms with van der Waals surface area (Å²) in [6.45, 7) is -1.25. The van der Waals surface area contributed by atoms with Crippen LogP contribution in [0.5, 0.6) is 0 Å². The molecule has 0 aromatic heterocycles. The second-order valence-electron chi connectivity index (χ2n) is 6.65. The van der Waals surface area contributed by atoms with E-state index >= 15 is 0 Å². The van der Waals surface area contributed by atoms with Gasteiger partial charge in [0.25, 0.3) is 0 Å². The van der Waals surface area contributed by atoms with Crippen molar-refractivity contribution >= 4 is 23.9 Å². The standard InChI is InChI=1S/C18H15FO7/c19-7-24-6-11-13(10-5-12(20)25-16(10)21)8-3-1-2-4-9(8)14-15(11)18(23)26-17(14)22/h1-4,10-11,13-15H,5-7H2. The van der Waals surface area contributed by atoms with Crippen LogP contribution in [0.2, 0.25) is 0 Å². The summed E-state index contributed by atoms with van der Waals surface area (Å²) >= 11 is 0. The van der Waals surface area contributed by atoms with Crippen molar-refractivity contribution in [3.8, 4) is 0 Å². The Morgan fingerprint density at radius 3 is 2.35 bits per heavy atom. The first-order valence-electron chi connectivity index (χ1n) is 8.25. The summed E-state index contributed by atoms with van der Waals surface area (Å²) in [4.78, 5) is 48.4. The van der Waals surface area contributed by atoms with Crippen LogP contribution in [0, 0.1) is 17.8 Å². The summed E-state index contributed by atoms with van der Waals surface area (Å²) in [7, 11) is 0. The molecule has 0 spiro atoms. The quantitative estimate of drug-likeness (QED) is 0.587. The van der Waals surface area contributed by atoms with Crippen molar-refractivity contribution in [2.75, 3.05) is 13.5 Å². The SMILES string of the molecule is O=C1CC(C2c3ccccc3C3C(=O)OC(=O)C3C2COCF)C(=O)O1. The number of hydrogen-bond donors (Lipinski definition) is 0. The highest BCUT2D eigenvalue weighted by Crippen LogP contribution is 2.54. The molecule has 0 radical (unpaired) electrons. The van der Waals surface area contributed by atoms with E-state index in [-0.39, 0.29) is 13.0 Å².